The molecule has 0 spiro atoms. The number of likely N-dealkylation sites (N-methyl/N-ethyl adjacent to an activating group) is 1. The summed E-state index contributed by atoms with van der Waals surface area (Å²) in [7, 11) is 1.70. The standard InChI is InChI=1S/C22H22N2O3/c1-3-16-9-11-17(12-10-16)14-24(2)21(25)15-27-22(26)19-6-4-8-20-18(19)7-5-13-23-20/h4-13H,3,14-15H2,1-2H3. The predicted octanol–water partition coefficient (Wildman–Crippen LogP) is 3.61. The lowest BCUT2D eigenvalue weighted by molar-refractivity contribution is -0.133. The molecular formula is C22H22N2O3. The minimum Gasteiger partial charge on any atom is -0.452 e. The van der Waals surface area contributed by atoms with Crippen LogP contribution in [0.2, 0.25) is 0 Å². The fraction of sp³-hybridized carbons (Fsp3) is 0.227. The number of carbonyl (C=O) groups excluding carboxylic acids is 2. The Kier molecular flexibility index (Phi) is 5.81. The summed E-state index contributed by atoms with van der Waals surface area (Å²) in [5, 5.41) is 0.710. The topological polar surface area (TPSA) is 59.5 Å². The molecule has 0 aliphatic heterocycles. The number of pyridine rings is 1. The monoisotopic (exact) mass is 362 g/mol. The van der Waals surface area contributed by atoms with Gasteiger partial charge in [-0.05, 0) is 35.7 Å². The molecule has 138 valence electrons. The van der Waals surface area contributed by atoms with Crippen molar-refractivity contribution in [2.24, 2.45) is 0 Å². The van der Waals surface area contributed by atoms with Crippen LogP contribution < -0.4 is 0 Å². The second-order valence-electron chi connectivity index (χ2n) is 6.37. The Morgan fingerprint density at radius 2 is 1.74 bits per heavy atom. The number of aromatic nitrogens is 1. The molecule has 0 saturated carbocycles. The number of ether oxygens (including phenoxy) is 1. The summed E-state index contributed by atoms with van der Waals surface area (Å²) in [5.74, 6) is -0.774. The zero-order valence-corrected chi connectivity index (χ0v) is 15.5. The molecule has 0 radical (unpaired) electrons. The highest BCUT2D eigenvalue weighted by molar-refractivity contribution is 6.03. The normalized spacial score (nSPS) is 10.6. The van der Waals surface area contributed by atoms with E-state index in [0.717, 1.165) is 12.0 Å². The van der Waals surface area contributed by atoms with Crippen molar-refractivity contribution in [3.05, 3.63) is 77.5 Å². The number of rotatable bonds is 6. The number of aryl methyl sites for hydroxylation is 1. The van der Waals surface area contributed by atoms with Gasteiger partial charge in [-0.2, -0.15) is 0 Å². The Balaban J connectivity index is 1.59. The number of esters is 1. The summed E-state index contributed by atoms with van der Waals surface area (Å²) in [6, 6.07) is 17.0. The van der Waals surface area contributed by atoms with E-state index in [2.05, 4.69) is 24.0 Å². The Labute approximate surface area is 158 Å². The van der Waals surface area contributed by atoms with E-state index in [9.17, 15) is 9.59 Å². The van der Waals surface area contributed by atoms with Crippen molar-refractivity contribution in [3.8, 4) is 0 Å². The zero-order chi connectivity index (χ0) is 19.2. The van der Waals surface area contributed by atoms with Crippen molar-refractivity contribution in [3.63, 3.8) is 0 Å². The molecule has 0 unspecified atom stereocenters. The summed E-state index contributed by atoms with van der Waals surface area (Å²) in [6.07, 6.45) is 2.65. The van der Waals surface area contributed by atoms with Gasteiger partial charge in [0.05, 0.1) is 11.1 Å². The lowest BCUT2D eigenvalue weighted by Gasteiger charge is -2.17. The number of nitrogens with zero attached hydrogens (tertiary/aromatic N) is 2. The molecule has 0 fully saturated rings. The highest BCUT2D eigenvalue weighted by Crippen LogP contribution is 2.17. The zero-order valence-electron chi connectivity index (χ0n) is 15.5. The van der Waals surface area contributed by atoms with E-state index in [1.54, 1.807) is 36.3 Å². The van der Waals surface area contributed by atoms with Gasteiger partial charge in [0.2, 0.25) is 0 Å². The number of carbonyl (C=O) groups is 2. The van der Waals surface area contributed by atoms with Crippen LogP contribution in [0.5, 0.6) is 0 Å². The average molecular weight is 362 g/mol. The van der Waals surface area contributed by atoms with Crippen LogP contribution in [-0.2, 0) is 22.5 Å². The highest BCUT2D eigenvalue weighted by atomic mass is 16.5. The van der Waals surface area contributed by atoms with Crippen molar-refractivity contribution in [1.29, 1.82) is 0 Å². The van der Waals surface area contributed by atoms with Gasteiger partial charge in [0.1, 0.15) is 0 Å². The van der Waals surface area contributed by atoms with Gasteiger partial charge in [0.25, 0.3) is 5.91 Å². The third kappa shape index (κ3) is 4.50. The first-order valence-corrected chi connectivity index (χ1v) is 8.91. The molecule has 27 heavy (non-hydrogen) atoms. The molecule has 0 N–H and O–H groups in total. The van der Waals surface area contributed by atoms with Crippen molar-refractivity contribution >= 4 is 22.8 Å². The third-order valence-corrected chi connectivity index (χ3v) is 4.47. The maximum absolute atomic E-state index is 12.4. The molecule has 3 rings (SSSR count). The molecule has 3 aromatic rings. The second-order valence-corrected chi connectivity index (χ2v) is 6.37. The van der Waals surface area contributed by atoms with Crippen LogP contribution in [0.25, 0.3) is 10.9 Å². The van der Waals surface area contributed by atoms with Gasteiger partial charge < -0.3 is 9.64 Å². The van der Waals surface area contributed by atoms with Gasteiger partial charge in [-0.1, -0.05) is 43.3 Å². The number of fused-ring (bicyclic) bond motifs is 1. The van der Waals surface area contributed by atoms with Crippen LogP contribution in [0.4, 0.5) is 0 Å². The molecule has 2 aromatic carbocycles. The van der Waals surface area contributed by atoms with Crippen LogP contribution in [-0.4, -0.2) is 35.4 Å². The predicted molar refractivity (Wildman–Crippen MR) is 104 cm³/mol. The average Bonchev–Trinajstić information content (AvgIpc) is 2.71. The highest BCUT2D eigenvalue weighted by Gasteiger charge is 2.16. The molecule has 5 heteroatoms. The Morgan fingerprint density at radius 1 is 1.00 bits per heavy atom. The van der Waals surface area contributed by atoms with Crippen molar-refractivity contribution in [2.45, 2.75) is 19.9 Å². The van der Waals surface area contributed by atoms with Gasteiger partial charge in [0, 0.05) is 25.2 Å². The first kappa shape index (κ1) is 18.6. The molecule has 0 aliphatic carbocycles. The van der Waals surface area contributed by atoms with Crippen molar-refractivity contribution in [1.82, 2.24) is 9.88 Å². The van der Waals surface area contributed by atoms with Crippen LogP contribution in [0, 0.1) is 0 Å². The summed E-state index contributed by atoms with van der Waals surface area (Å²) in [6.45, 7) is 2.28. The van der Waals surface area contributed by atoms with E-state index in [0.29, 0.717) is 23.0 Å². The molecule has 0 bridgehead atoms. The lowest BCUT2D eigenvalue weighted by atomic mass is 10.1. The number of hydrogen-bond acceptors (Lipinski definition) is 4. The molecule has 1 amide bonds. The second kappa shape index (κ2) is 8.45. The minimum absolute atomic E-state index is 0.249. The van der Waals surface area contributed by atoms with Crippen LogP contribution >= 0.6 is 0 Å². The Hall–Kier alpha value is -3.21. The Morgan fingerprint density at radius 3 is 2.48 bits per heavy atom. The molecular weight excluding hydrogens is 340 g/mol. The van der Waals surface area contributed by atoms with Gasteiger partial charge in [0.15, 0.2) is 6.61 Å². The van der Waals surface area contributed by atoms with E-state index < -0.39 is 5.97 Å². The van der Waals surface area contributed by atoms with Crippen LogP contribution in [0.3, 0.4) is 0 Å². The number of hydrogen-bond donors (Lipinski definition) is 0. The minimum atomic E-state index is -0.525. The fourth-order valence-electron chi connectivity index (χ4n) is 2.84. The number of benzene rings is 2. The maximum atomic E-state index is 12.4. The first-order chi connectivity index (χ1) is 13.1. The summed E-state index contributed by atoms with van der Waals surface area (Å²) in [5.41, 5.74) is 3.41. The summed E-state index contributed by atoms with van der Waals surface area (Å²) >= 11 is 0. The van der Waals surface area contributed by atoms with Gasteiger partial charge >= 0.3 is 5.97 Å². The summed E-state index contributed by atoms with van der Waals surface area (Å²) in [4.78, 5) is 30.5. The van der Waals surface area contributed by atoms with E-state index in [-0.39, 0.29) is 12.5 Å². The van der Waals surface area contributed by atoms with Crippen LogP contribution in [0.15, 0.2) is 60.8 Å². The van der Waals surface area contributed by atoms with Crippen molar-refractivity contribution in [2.75, 3.05) is 13.7 Å². The molecule has 1 heterocycles. The van der Waals surface area contributed by atoms with E-state index >= 15 is 0 Å². The van der Waals surface area contributed by atoms with Gasteiger partial charge in [-0.15, -0.1) is 0 Å². The fourth-order valence-corrected chi connectivity index (χ4v) is 2.84. The van der Waals surface area contributed by atoms with Gasteiger partial charge in [-0.25, -0.2) is 4.79 Å². The van der Waals surface area contributed by atoms with E-state index in [1.165, 1.54) is 5.56 Å². The maximum Gasteiger partial charge on any atom is 0.339 e. The molecule has 0 aliphatic rings. The van der Waals surface area contributed by atoms with Crippen LogP contribution in [0.1, 0.15) is 28.4 Å². The summed E-state index contributed by atoms with van der Waals surface area (Å²) < 4.78 is 5.24. The Bertz CT molecular complexity index is 946. The number of amides is 1. The quantitative estimate of drug-likeness (QED) is 0.629. The molecule has 0 atom stereocenters. The third-order valence-electron chi connectivity index (χ3n) is 4.47. The largest absolute Gasteiger partial charge is 0.452 e. The lowest BCUT2D eigenvalue weighted by Crippen LogP contribution is -2.30. The van der Waals surface area contributed by atoms with E-state index in [4.69, 9.17) is 4.74 Å². The molecule has 5 nitrogen and oxygen atoms in total. The van der Waals surface area contributed by atoms with Crippen molar-refractivity contribution < 1.29 is 14.3 Å². The molecule has 1 aromatic heterocycles. The van der Waals surface area contributed by atoms with Gasteiger partial charge in [-0.3, -0.25) is 9.78 Å². The first-order valence-electron chi connectivity index (χ1n) is 8.91. The van der Waals surface area contributed by atoms with E-state index in [1.807, 2.05) is 24.3 Å². The smallest absolute Gasteiger partial charge is 0.339 e. The SMILES string of the molecule is CCc1ccc(CN(C)C(=O)COC(=O)c2cccc3ncccc23)cc1. The molecule has 0 saturated heterocycles.